The molecule has 3 atom stereocenters. The molecule has 1 amide bonds. The van der Waals surface area contributed by atoms with Crippen molar-refractivity contribution in [3.8, 4) is 0 Å². The zero-order chi connectivity index (χ0) is 13.0. The number of nitrogens with one attached hydrogen (secondary N) is 2. The van der Waals surface area contributed by atoms with Gasteiger partial charge in [0.25, 0.3) is 0 Å². The van der Waals surface area contributed by atoms with E-state index in [4.69, 9.17) is 4.74 Å². The number of hydrogen-bond donors (Lipinski definition) is 2. The van der Waals surface area contributed by atoms with E-state index in [0.717, 1.165) is 26.2 Å². The molecule has 3 unspecified atom stereocenters. The van der Waals surface area contributed by atoms with Crippen LogP contribution in [-0.4, -0.2) is 73.8 Å². The standard InChI is InChI=1S/C12H23N3O2S/c1-3-14-12(16)10-8-17-5-4-15(10)9-6-13-7-11(9)18-2/h9-11,13H,3-8H2,1-2H3,(H,14,16). The average molecular weight is 273 g/mol. The van der Waals surface area contributed by atoms with E-state index in [-0.39, 0.29) is 11.9 Å². The lowest BCUT2D eigenvalue weighted by Gasteiger charge is -2.40. The summed E-state index contributed by atoms with van der Waals surface area (Å²) in [7, 11) is 0. The molecule has 2 rings (SSSR count). The van der Waals surface area contributed by atoms with Crippen molar-refractivity contribution in [3.63, 3.8) is 0 Å². The number of thioether (sulfide) groups is 1. The van der Waals surface area contributed by atoms with Crippen LogP contribution in [0.15, 0.2) is 0 Å². The van der Waals surface area contributed by atoms with Gasteiger partial charge in [0.05, 0.1) is 13.2 Å². The van der Waals surface area contributed by atoms with Gasteiger partial charge >= 0.3 is 0 Å². The van der Waals surface area contributed by atoms with E-state index in [9.17, 15) is 4.79 Å². The number of rotatable bonds is 4. The number of likely N-dealkylation sites (N-methyl/N-ethyl adjacent to an activating group) is 1. The first-order valence-corrected chi connectivity index (χ1v) is 7.91. The van der Waals surface area contributed by atoms with E-state index < -0.39 is 0 Å². The van der Waals surface area contributed by atoms with Crippen LogP contribution in [0.4, 0.5) is 0 Å². The summed E-state index contributed by atoms with van der Waals surface area (Å²) in [6.45, 7) is 6.74. The Morgan fingerprint density at radius 2 is 2.39 bits per heavy atom. The zero-order valence-corrected chi connectivity index (χ0v) is 12.0. The summed E-state index contributed by atoms with van der Waals surface area (Å²) in [4.78, 5) is 14.4. The number of morpholine rings is 1. The first-order chi connectivity index (χ1) is 8.77. The van der Waals surface area contributed by atoms with Crippen LogP contribution in [0.2, 0.25) is 0 Å². The van der Waals surface area contributed by atoms with E-state index in [1.165, 1.54) is 0 Å². The number of hydrogen-bond acceptors (Lipinski definition) is 5. The molecule has 0 aromatic carbocycles. The molecule has 0 aromatic heterocycles. The molecule has 0 saturated carbocycles. The maximum Gasteiger partial charge on any atom is 0.239 e. The second kappa shape index (κ2) is 6.75. The lowest BCUT2D eigenvalue weighted by atomic mass is 10.1. The number of carbonyl (C=O) groups is 1. The number of nitrogens with zero attached hydrogens (tertiary/aromatic N) is 1. The first kappa shape index (κ1) is 14.1. The fourth-order valence-electron chi connectivity index (χ4n) is 2.74. The normalized spacial score (nSPS) is 33.6. The Kier molecular flexibility index (Phi) is 5.29. The third-order valence-corrected chi connectivity index (χ3v) is 4.77. The maximum atomic E-state index is 12.1. The van der Waals surface area contributed by atoms with Gasteiger partial charge in [-0.3, -0.25) is 9.69 Å². The molecule has 104 valence electrons. The van der Waals surface area contributed by atoms with Crippen molar-refractivity contribution >= 4 is 17.7 Å². The van der Waals surface area contributed by atoms with Crippen molar-refractivity contribution in [2.24, 2.45) is 0 Å². The Morgan fingerprint density at radius 1 is 1.56 bits per heavy atom. The van der Waals surface area contributed by atoms with Crippen LogP contribution in [0, 0.1) is 0 Å². The molecule has 0 bridgehead atoms. The summed E-state index contributed by atoms with van der Waals surface area (Å²) in [5, 5.41) is 6.91. The van der Waals surface area contributed by atoms with Gasteiger partial charge < -0.3 is 15.4 Å². The van der Waals surface area contributed by atoms with E-state index in [1.807, 2.05) is 18.7 Å². The molecule has 5 nitrogen and oxygen atoms in total. The Morgan fingerprint density at radius 3 is 3.11 bits per heavy atom. The van der Waals surface area contributed by atoms with Crippen LogP contribution in [0.25, 0.3) is 0 Å². The summed E-state index contributed by atoms with van der Waals surface area (Å²) in [5.41, 5.74) is 0. The van der Waals surface area contributed by atoms with E-state index >= 15 is 0 Å². The smallest absolute Gasteiger partial charge is 0.239 e. The largest absolute Gasteiger partial charge is 0.378 e. The van der Waals surface area contributed by atoms with Gasteiger partial charge in [0.1, 0.15) is 6.04 Å². The van der Waals surface area contributed by atoms with Gasteiger partial charge in [-0.25, -0.2) is 0 Å². The molecule has 0 aromatic rings. The van der Waals surface area contributed by atoms with Crippen LogP contribution >= 0.6 is 11.8 Å². The molecule has 2 aliphatic heterocycles. The minimum Gasteiger partial charge on any atom is -0.378 e. The SMILES string of the molecule is CCNC(=O)C1COCCN1C1CNCC1SC. The predicted molar refractivity (Wildman–Crippen MR) is 74.0 cm³/mol. The third-order valence-electron chi connectivity index (χ3n) is 3.68. The monoisotopic (exact) mass is 273 g/mol. The topological polar surface area (TPSA) is 53.6 Å². The molecular formula is C12H23N3O2S. The number of ether oxygens (including phenoxy) is 1. The summed E-state index contributed by atoms with van der Waals surface area (Å²) < 4.78 is 5.48. The zero-order valence-electron chi connectivity index (χ0n) is 11.1. The van der Waals surface area contributed by atoms with Gasteiger partial charge in [0, 0.05) is 37.5 Å². The van der Waals surface area contributed by atoms with Crippen LogP contribution in [0.5, 0.6) is 0 Å². The van der Waals surface area contributed by atoms with Crippen molar-refractivity contribution < 1.29 is 9.53 Å². The molecule has 0 radical (unpaired) electrons. The summed E-state index contributed by atoms with van der Waals surface area (Å²) in [6, 6.07) is 0.315. The third kappa shape index (κ3) is 2.99. The molecule has 6 heteroatoms. The summed E-state index contributed by atoms with van der Waals surface area (Å²) >= 11 is 1.88. The van der Waals surface area contributed by atoms with Gasteiger partial charge in [0.2, 0.25) is 5.91 Å². The van der Waals surface area contributed by atoms with Crippen LogP contribution in [-0.2, 0) is 9.53 Å². The Balaban J connectivity index is 2.05. The predicted octanol–water partition coefficient (Wildman–Crippen LogP) is -0.473. The van der Waals surface area contributed by atoms with Gasteiger partial charge in [-0.05, 0) is 13.2 Å². The van der Waals surface area contributed by atoms with E-state index in [0.29, 0.717) is 24.4 Å². The highest BCUT2D eigenvalue weighted by Crippen LogP contribution is 2.23. The molecule has 0 aliphatic carbocycles. The summed E-state index contributed by atoms with van der Waals surface area (Å²) in [6.07, 6.45) is 2.15. The minimum absolute atomic E-state index is 0.101. The van der Waals surface area contributed by atoms with E-state index in [1.54, 1.807) is 0 Å². The Labute approximate surface area is 113 Å². The van der Waals surface area contributed by atoms with Crippen molar-refractivity contribution in [2.45, 2.75) is 24.3 Å². The summed E-state index contributed by atoms with van der Waals surface area (Å²) in [5.74, 6) is 0.101. The molecule has 2 aliphatic rings. The quantitative estimate of drug-likeness (QED) is 0.725. The molecule has 2 saturated heterocycles. The molecule has 2 N–H and O–H groups in total. The second-order valence-electron chi connectivity index (χ2n) is 4.72. The highest BCUT2D eigenvalue weighted by atomic mass is 32.2. The number of amides is 1. The van der Waals surface area contributed by atoms with Gasteiger partial charge in [-0.1, -0.05) is 0 Å². The van der Waals surface area contributed by atoms with Crippen LogP contribution in [0.1, 0.15) is 6.92 Å². The van der Waals surface area contributed by atoms with Crippen molar-refractivity contribution in [1.82, 2.24) is 15.5 Å². The van der Waals surface area contributed by atoms with Gasteiger partial charge in [-0.2, -0.15) is 11.8 Å². The number of carbonyl (C=O) groups excluding carboxylic acids is 1. The maximum absolute atomic E-state index is 12.1. The molecular weight excluding hydrogens is 250 g/mol. The fourth-order valence-corrected chi connectivity index (χ4v) is 3.60. The fraction of sp³-hybridized carbons (Fsp3) is 0.917. The molecule has 0 spiro atoms. The highest BCUT2D eigenvalue weighted by Gasteiger charge is 2.39. The lowest BCUT2D eigenvalue weighted by Crippen LogP contribution is -2.59. The minimum atomic E-state index is -0.127. The van der Waals surface area contributed by atoms with Crippen molar-refractivity contribution in [2.75, 3.05) is 45.6 Å². The van der Waals surface area contributed by atoms with Crippen LogP contribution in [0.3, 0.4) is 0 Å². The average Bonchev–Trinajstić information content (AvgIpc) is 2.87. The first-order valence-electron chi connectivity index (χ1n) is 6.62. The molecule has 18 heavy (non-hydrogen) atoms. The molecule has 2 fully saturated rings. The van der Waals surface area contributed by atoms with Crippen LogP contribution < -0.4 is 10.6 Å². The van der Waals surface area contributed by atoms with Gasteiger partial charge in [-0.15, -0.1) is 0 Å². The van der Waals surface area contributed by atoms with E-state index in [2.05, 4.69) is 21.8 Å². The Bertz CT molecular complexity index is 290. The Hall–Kier alpha value is -0.300. The van der Waals surface area contributed by atoms with Crippen molar-refractivity contribution in [3.05, 3.63) is 0 Å². The second-order valence-corrected chi connectivity index (χ2v) is 5.80. The van der Waals surface area contributed by atoms with Gasteiger partial charge in [0.15, 0.2) is 0 Å². The highest BCUT2D eigenvalue weighted by molar-refractivity contribution is 7.99. The lowest BCUT2D eigenvalue weighted by molar-refractivity contribution is -0.134. The molecule has 2 heterocycles. The van der Waals surface area contributed by atoms with Crippen molar-refractivity contribution in [1.29, 1.82) is 0 Å².